The maximum Gasteiger partial charge on any atom is 0.407 e. The Morgan fingerprint density at radius 2 is 1.86 bits per heavy atom. The summed E-state index contributed by atoms with van der Waals surface area (Å²) in [7, 11) is -4.60. The number of nitrogens with one attached hydrogen (secondary N) is 1. The summed E-state index contributed by atoms with van der Waals surface area (Å²) in [5, 5.41) is -0.0847. The number of likely N-dealkylation sites (tertiary alicyclic amines) is 1. The van der Waals surface area contributed by atoms with Crippen LogP contribution in [0, 0.1) is 5.92 Å². The van der Waals surface area contributed by atoms with Gasteiger partial charge in [-0.15, -0.1) is 0 Å². The van der Waals surface area contributed by atoms with Crippen molar-refractivity contribution in [1.82, 2.24) is 18.8 Å². The minimum atomic E-state index is -4.74. The Morgan fingerprint density at radius 3 is 2.40 bits per heavy atom. The standard InChI is InChI=1S/C22H23F3N4O5S/c1-2-18(30)27-11-14(12-27)29-19(31)16-9-15(35(33,34)26-21(7-8-21)22(23,24)25)5-6-17(16)28(20(29)32)10-13-3-4-13/h2,5-6,9,13-14,26H,1,3-4,7-8,10-12H2. The molecule has 0 atom stereocenters. The fourth-order valence-electron chi connectivity index (χ4n) is 4.41. The molecule has 0 spiro atoms. The zero-order chi connectivity index (χ0) is 25.3. The highest BCUT2D eigenvalue weighted by molar-refractivity contribution is 7.89. The Hall–Kier alpha value is -2.93. The number of aromatic nitrogens is 2. The van der Waals surface area contributed by atoms with Gasteiger partial charge < -0.3 is 4.90 Å². The second kappa shape index (κ2) is 7.79. The smallest absolute Gasteiger partial charge is 0.335 e. The number of nitrogens with zero attached hydrogens (tertiary/aromatic N) is 3. The number of benzene rings is 1. The SMILES string of the molecule is C=CC(=O)N1CC(n2c(=O)c3cc(S(=O)(=O)NC4(C(F)(F)F)CC4)ccc3n(CC3CC3)c2=O)C1. The fraction of sp³-hybridized carbons (Fsp3) is 0.500. The van der Waals surface area contributed by atoms with Crippen molar-refractivity contribution in [3.05, 3.63) is 51.7 Å². The van der Waals surface area contributed by atoms with Gasteiger partial charge in [-0.1, -0.05) is 6.58 Å². The Morgan fingerprint density at radius 1 is 1.20 bits per heavy atom. The van der Waals surface area contributed by atoms with E-state index in [-0.39, 0.29) is 48.7 Å². The molecule has 1 saturated heterocycles. The number of sulfonamides is 1. The highest BCUT2D eigenvalue weighted by atomic mass is 32.2. The first kappa shape index (κ1) is 23.8. The number of hydrogen-bond donors (Lipinski definition) is 1. The van der Waals surface area contributed by atoms with E-state index in [0.29, 0.717) is 6.54 Å². The minimum Gasteiger partial charge on any atom is -0.335 e. The van der Waals surface area contributed by atoms with Crippen LogP contribution in [0.2, 0.25) is 0 Å². The van der Waals surface area contributed by atoms with E-state index in [4.69, 9.17) is 0 Å². The van der Waals surface area contributed by atoms with Gasteiger partial charge in [0, 0.05) is 19.6 Å². The van der Waals surface area contributed by atoms with E-state index in [1.54, 1.807) is 4.72 Å². The van der Waals surface area contributed by atoms with Gasteiger partial charge in [-0.2, -0.15) is 17.9 Å². The highest BCUT2D eigenvalue weighted by Crippen LogP contribution is 2.49. The van der Waals surface area contributed by atoms with Crippen LogP contribution in [0.25, 0.3) is 10.9 Å². The molecule has 0 unspecified atom stereocenters. The van der Waals surface area contributed by atoms with E-state index in [9.17, 15) is 36.0 Å². The van der Waals surface area contributed by atoms with E-state index in [1.165, 1.54) is 15.5 Å². The van der Waals surface area contributed by atoms with Crippen molar-refractivity contribution in [3.63, 3.8) is 0 Å². The molecule has 3 fully saturated rings. The summed E-state index contributed by atoms with van der Waals surface area (Å²) in [6, 6.07) is 2.82. The van der Waals surface area contributed by atoms with Crippen molar-refractivity contribution in [2.75, 3.05) is 13.1 Å². The van der Waals surface area contributed by atoms with E-state index in [1.807, 2.05) is 0 Å². The van der Waals surface area contributed by atoms with Gasteiger partial charge in [-0.05, 0) is 55.9 Å². The molecule has 13 heteroatoms. The van der Waals surface area contributed by atoms with Gasteiger partial charge in [-0.3, -0.25) is 18.7 Å². The van der Waals surface area contributed by atoms with Gasteiger partial charge >= 0.3 is 11.9 Å². The number of alkyl halides is 3. The average molecular weight is 513 g/mol. The van der Waals surface area contributed by atoms with Crippen LogP contribution in [0.15, 0.2) is 45.3 Å². The monoisotopic (exact) mass is 512 g/mol. The Labute approximate surface area is 197 Å². The number of carbonyl (C=O) groups excluding carboxylic acids is 1. The third-order valence-electron chi connectivity index (χ3n) is 6.93. The number of carbonyl (C=O) groups is 1. The molecule has 1 amide bonds. The van der Waals surface area contributed by atoms with Gasteiger partial charge in [0.05, 0.1) is 21.8 Å². The molecule has 1 aromatic heterocycles. The van der Waals surface area contributed by atoms with Gasteiger partial charge in [0.2, 0.25) is 15.9 Å². The van der Waals surface area contributed by atoms with Crippen molar-refractivity contribution < 1.29 is 26.4 Å². The van der Waals surface area contributed by atoms with Crippen molar-refractivity contribution in [3.8, 4) is 0 Å². The highest BCUT2D eigenvalue weighted by Gasteiger charge is 2.65. The van der Waals surface area contributed by atoms with E-state index in [0.717, 1.165) is 35.6 Å². The van der Waals surface area contributed by atoms with Crippen LogP contribution in [-0.2, 0) is 21.4 Å². The number of halogens is 3. The minimum absolute atomic E-state index is 0.0847. The summed E-state index contributed by atoms with van der Waals surface area (Å²) >= 11 is 0. The Kier molecular flexibility index (Phi) is 5.29. The molecular formula is C22H23F3N4O5S. The van der Waals surface area contributed by atoms with Crippen molar-refractivity contribution in [1.29, 1.82) is 0 Å². The normalized spacial score (nSPS) is 20.0. The molecule has 2 aliphatic carbocycles. The fourth-order valence-corrected chi connectivity index (χ4v) is 5.88. The predicted molar refractivity (Wildman–Crippen MR) is 119 cm³/mol. The maximum atomic E-state index is 13.4. The van der Waals surface area contributed by atoms with Crippen LogP contribution in [-0.4, -0.2) is 53.2 Å². The topological polar surface area (TPSA) is 110 Å². The number of rotatable bonds is 7. The molecule has 1 aromatic carbocycles. The summed E-state index contributed by atoms with van der Waals surface area (Å²) in [5.41, 5.74) is -3.59. The number of fused-ring (bicyclic) bond motifs is 1. The molecule has 2 aromatic rings. The molecule has 0 radical (unpaired) electrons. The van der Waals surface area contributed by atoms with Crippen molar-refractivity contribution in [2.45, 2.75) is 54.9 Å². The molecule has 0 bridgehead atoms. The third-order valence-corrected chi connectivity index (χ3v) is 8.46. The molecule has 5 rings (SSSR count). The molecule has 2 heterocycles. The largest absolute Gasteiger partial charge is 0.407 e. The van der Waals surface area contributed by atoms with Crippen LogP contribution in [0.5, 0.6) is 0 Å². The molecule has 1 aliphatic heterocycles. The summed E-state index contributed by atoms with van der Waals surface area (Å²) in [6.45, 7) is 3.97. The summed E-state index contributed by atoms with van der Waals surface area (Å²) in [6.07, 6.45) is -2.52. The summed E-state index contributed by atoms with van der Waals surface area (Å²) in [5.74, 6) is -0.0970. The second-order valence-electron chi connectivity index (χ2n) is 9.48. The molecule has 35 heavy (non-hydrogen) atoms. The van der Waals surface area contributed by atoms with Crippen LogP contribution in [0.4, 0.5) is 13.2 Å². The van der Waals surface area contributed by atoms with Gasteiger partial charge in [-0.25, -0.2) is 13.2 Å². The Balaban J connectivity index is 1.59. The van der Waals surface area contributed by atoms with Crippen LogP contribution in [0.1, 0.15) is 31.7 Å². The first-order valence-electron chi connectivity index (χ1n) is 11.2. The van der Waals surface area contributed by atoms with Gasteiger partial charge in [0.15, 0.2) is 0 Å². The molecule has 3 aliphatic rings. The number of amides is 1. The number of hydrogen-bond acceptors (Lipinski definition) is 5. The van der Waals surface area contributed by atoms with Crippen molar-refractivity contribution >= 4 is 26.8 Å². The van der Waals surface area contributed by atoms with Crippen molar-refractivity contribution in [2.24, 2.45) is 5.92 Å². The quantitative estimate of drug-likeness (QED) is 0.566. The lowest BCUT2D eigenvalue weighted by molar-refractivity contribution is -0.160. The molecule has 2 saturated carbocycles. The summed E-state index contributed by atoms with van der Waals surface area (Å²) in [4.78, 5) is 39.4. The van der Waals surface area contributed by atoms with E-state index < -0.39 is 43.9 Å². The van der Waals surface area contributed by atoms with E-state index >= 15 is 0 Å². The third kappa shape index (κ3) is 3.99. The van der Waals surface area contributed by atoms with Gasteiger partial charge in [0.1, 0.15) is 5.54 Å². The lowest BCUT2D eigenvalue weighted by Crippen LogP contribution is -2.56. The van der Waals surface area contributed by atoms with E-state index in [2.05, 4.69) is 6.58 Å². The first-order chi connectivity index (χ1) is 16.4. The van der Waals surface area contributed by atoms with Crippen LogP contribution < -0.4 is 16.0 Å². The van der Waals surface area contributed by atoms with Gasteiger partial charge in [0.25, 0.3) is 5.56 Å². The average Bonchev–Trinajstić information content (AvgIpc) is 3.67. The molecule has 188 valence electrons. The predicted octanol–water partition coefficient (Wildman–Crippen LogP) is 1.52. The first-order valence-corrected chi connectivity index (χ1v) is 12.7. The van der Waals surface area contributed by atoms with Crippen LogP contribution >= 0.6 is 0 Å². The molecule has 1 N–H and O–H groups in total. The zero-order valence-corrected chi connectivity index (χ0v) is 19.4. The Bertz CT molecular complexity index is 1460. The lowest BCUT2D eigenvalue weighted by Gasteiger charge is -2.39. The lowest BCUT2D eigenvalue weighted by atomic mass is 10.1. The maximum absolute atomic E-state index is 13.4. The zero-order valence-electron chi connectivity index (χ0n) is 18.5. The van der Waals surface area contributed by atoms with Crippen LogP contribution in [0.3, 0.4) is 0 Å². The molecule has 9 nitrogen and oxygen atoms in total. The summed E-state index contributed by atoms with van der Waals surface area (Å²) < 4.78 is 69.8. The second-order valence-corrected chi connectivity index (χ2v) is 11.2. The molecular weight excluding hydrogens is 489 g/mol.